The molecule has 29 heavy (non-hydrogen) atoms. The molecule has 2 N–H and O–H groups in total. The Labute approximate surface area is 174 Å². The molecule has 2 rings (SSSR count). The minimum absolute atomic E-state index is 0.266. The summed E-state index contributed by atoms with van der Waals surface area (Å²) in [7, 11) is 0. The van der Waals surface area contributed by atoms with E-state index < -0.39 is 0 Å². The lowest BCUT2D eigenvalue weighted by molar-refractivity contribution is 0.0942. The normalized spacial score (nSPS) is 10.7. The van der Waals surface area contributed by atoms with Crippen molar-refractivity contribution in [2.45, 2.75) is 20.4 Å². The highest BCUT2D eigenvalue weighted by atomic mass is 32.2. The van der Waals surface area contributed by atoms with Crippen molar-refractivity contribution < 1.29 is 9.59 Å². The van der Waals surface area contributed by atoms with E-state index in [0.29, 0.717) is 23.4 Å². The quantitative estimate of drug-likeness (QED) is 0.696. The van der Waals surface area contributed by atoms with Gasteiger partial charge in [-0.3, -0.25) is 14.6 Å². The van der Waals surface area contributed by atoms with E-state index >= 15 is 0 Å². The smallest absolute Gasteiger partial charge is 0.270 e. The largest absolute Gasteiger partial charge is 0.348 e. The number of nitrogens with zero attached hydrogens (tertiary/aromatic N) is 2. The summed E-state index contributed by atoms with van der Waals surface area (Å²) in [5.74, 6) is -0.548. The molecule has 0 spiro atoms. The summed E-state index contributed by atoms with van der Waals surface area (Å²) in [5.41, 5.74) is 1.91. The van der Waals surface area contributed by atoms with Gasteiger partial charge in [-0.1, -0.05) is 36.5 Å². The average Bonchev–Trinajstić information content (AvgIpc) is 2.74. The zero-order valence-electron chi connectivity index (χ0n) is 16.4. The molecule has 0 aliphatic carbocycles. The minimum atomic E-state index is -0.280. The number of nitrogens with one attached hydrogen (secondary N) is 2. The summed E-state index contributed by atoms with van der Waals surface area (Å²) < 4.78 is 0. The predicted octanol–water partition coefficient (Wildman–Crippen LogP) is 3.78. The van der Waals surface area contributed by atoms with Crippen LogP contribution in [0.3, 0.4) is 0 Å². The molecule has 0 unspecified atom stereocenters. The van der Waals surface area contributed by atoms with E-state index in [1.165, 1.54) is 17.8 Å². The first kappa shape index (κ1) is 21.9. The highest BCUT2D eigenvalue weighted by Gasteiger charge is 2.09. The summed E-state index contributed by atoms with van der Waals surface area (Å²) in [6.07, 6.45) is 3.49. The SMILES string of the molecule is C=C(C)S/C(=C\C)CNC(=O)c1ccc(CNC(=O)c2cccc(C#N)c2)cn1. The third kappa shape index (κ3) is 6.94. The fourth-order valence-electron chi connectivity index (χ4n) is 2.36. The number of amides is 2. The molecule has 0 saturated heterocycles. The van der Waals surface area contributed by atoms with Gasteiger partial charge in [0, 0.05) is 29.8 Å². The fraction of sp³-hybridized carbons (Fsp3) is 0.182. The number of hydrogen-bond acceptors (Lipinski definition) is 5. The Morgan fingerprint density at radius 3 is 2.66 bits per heavy atom. The molecule has 2 amide bonds. The Hall–Kier alpha value is -3.37. The van der Waals surface area contributed by atoms with E-state index in [-0.39, 0.29) is 18.4 Å². The number of carbonyl (C=O) groups is 2. The standard InChI is InChI=1S/C22H22N4O2S/c1-4-19(29-15(2)3)14-26-22(28)20-9-8-17(12-24-20)13-25-21(27)18-7-5-6-16(10-18)11-23/h4-10,12H,2,13-14H2,1,3H3,(H,25,27)(H,26,28)/b19-4-. The van der Waals surface area contributed by atoms with Crippen LogP contribution in [0.2, 0.25) is 0 Å². The zero-order chi connectivity index (χ0) is 21.2. The second-order valence-corrected chi connectivity index (χ2v) is 7.59. The Kier molecular flexibility index (Phi) is 8.19. The number of rotatable bonds is 8. The predicted molar refractivity (Wildman–Crippen MR) is 115 cm³/mol. The van der Waals surface area contributed by atoms with Gasteiger partial charge in [0.05, 0.1) is 11.6 Å². The van der Waals surface area contributed by atoms with Crippen molar-refractivity contribution in [1.82, 2.24) is 15.6 Å². The lowest BCUT2D eigenvalue weighted by atomic mass is 10.1. The van der Waals surface area contributed by atoms with Gasteiger partial charge in [0.2, 0.25) is 0 Å². The maximum absolute atomic E-state index is 12.2. The summed E-state index contributed by atoms with van der Waals surface area (Å²) in [4.78, 5) is 30.6. The number of nitriles is 1. The zero-order valence-corrected chi connectivity index (χ0v) is 17.2. The number of allylic oxidation sites excluding steroid dienone is 2. The van der Waals surface area contributed by atoms with Crippen LogP contribution in [0.5, 0.6) is 0 Å². The topological polar surface area (TPSA) is 94.9 Å². The summed E-state index contributed by atoms with van der Waals surface area (Å²) in [6, 6.07) is 11.9. The number of thioether (sulfide) groups is 1. The molecular weight excluding hydrogens is 384 g/mol. The Morgan fingerprint density at radius 2 is 2.03 bits per heavy atom. The summed E-state index contributed by atoms with van der Waals surface area (Å²) in [5, 5.41) is 14.5. The third-order valence-corrected chi connectivity index (χ3v) is 4.81. The highest BCUT2D eigenvalue weighted by Crippen LogP contribution is 2.22. The molecule has 0 fully saturated rings. The molecule has 0 atom stereocenters. The minimum Gasteiger partial charge on any atom is -0.348 e. The first-order valence-electron chi connectivity index (χ1n) is 8.93. The van der Waals surface area contributed by atoms with E-state index in [9.17, 15) is 9.59 Å². The average molecular weight is 407 g/mol. The van der Waals surface area contributed by atoms with Crippen LogP contribution in [-0.4, -0.2) is 23.3 Å². The van der Waals surface area contributed by atoms with Gasteiger partial charge < -0.3 is 10.6 Å². The second-order valence-electron chi connectivity index (χ2n) is 6.17. The molecule has 1 aromatic carbocycles. The Balaban J connectivity index is 1.89. The molecule has 1 heterocycles. The van der Waals surface area contributed by atoms with Crippen LogP contribution in [0.1, 0.15) is 45.8 Å². The van der Waals surface area contributed by atoms with Gasteiger partial charge in [-0.25, -0.2) is 0 Å². The Bertz CT molecular complexity index is 975. The van der Waals surface area contributed by atoms with Crippen molar-refractivity contribution in [2.75, 3.05) is 6.54 Å². The van der Waals surface area contributed by atoms with Gasteiger partial charge >= 0.3 is 0 Å². The molecule has 0 radical (unpaired) electrons. The van der Waals surface area contributed by atoms with Crippen molar-refractivity contribution in [3.8, 4) is 6.07 Å². The van der Waals surface area contributed by atoms with Crippen LogP contribution in [0, 0.1) is 11.3 Å². The molecule has 2 aromatic rings. The molecule has 0 aliphatic heterocycles. The molecule has 148 valence electrons. The molecule has 6 nitrogen and oxygen atoms in total. The lowest BCUT2D eigenvalue weighted by Gasteiger charge is -2.09. The van der Waals surface area contributed by atoms with E-state index in [2.05, 4.69) is 22.2 Å². The fourth-order valence-corrected chi connectivity index (χ4v) is 3.07. The number of pyridine rings is 1. The molecular formula is C22H22N4O2S. The van der Waals surface area contributed by atoms with E-state index in [1.807, 2.05) is 26.0 Å². The Morgan fingerprint density at radius 1 is 1.24 bits per heavy atom. The van der Waals surface area contributed by atoms with Crippen LogP contribution >= 0.6 is 11.8 Å². The molecule has 0 bridgehead atoms. The molecule has 0 saturated carbocycles. The summed E-state index contributed by atoms with van der Waals surface area (Å²) in [6.45, 7) is 8.35. The van der Waals surface area contributed by atoms with E-state index in [0.717, 1.165) is 15.4 Å². The van der Waals surface area contributed by atoms with Crippen molar-refractivity contribution >= 4 is 23.6 Å². The number of aromatic nitrogens is 1. The van der Waals surface area contributed by atoms with Crippen molar-refractivity contribution in [1.29, 1.82) is 5.26 Å². The van der Waals surface area contributed by atoms with Gasteiger partial charge in [0.15, 0.2) is 0 Å². The number of carbonyl (C=O) groups excluding carboxylic acids is 2. The second kappa shape index (κ2) is 10.8. The van der Waals surface area contributed by atoms with Crippen LogP contribution in [0.4, 0.5) is 0 Å². The van der Waals surface area contributed by atoms with Gasteiger partial charge in [-0.05, 0) is 48.6 Å². The molecule has 7 heteroatoms. The van der Waals surface area contributed by atoms with Crippen LogP contribution in [0.15, 0.2) is 65.1 Å². The van der Waals surface area contributed by atoms with Crippen molar-refractivity contribution in [3.05, 3.63) is 87.4 Å². The summed E-state index contributed by atoms with van der Waals surface area (Å²) >= 11 is 1.52. The third-order valence-electron chi connectivity index (χ3n) is 3.81. The van der Waals surface area contributed by atoms with Crippen molar-refractivity contribution in [2.24, 2.45) is 0 Å². The maximum atomic E-state index is 12.2. The van der Waals surface area contributed by atoms with Crippen LogP contribution in [0.25, 0.3) is 0 Å². The van der Waals surface area contributed by atoms with Crippen LogP contribution < -0.4 is 10.6 Å². The molecule has 0 aliphatic rings. The van der Waals surface area contributed by atoms with Gasteiger partial charge in [0.1, 0.15) is 5.69 Å². The van der Waals surface area contributed by atoms with E-state index in [1.54, 1.807) is 36.5 Å². The van der Waals surface area contributed by atoms with Gasteiger partial charge in [-0.15, -0.1) is 0 Å². The van der Waals surface area contributed by atoms with Crippen LogP contribution in [-0.2, 0) is 6.54 Å². The maximum Gasteiger partial charge on any atom is 0.270 e. The lowest BCUT2D eigenvalue weighted by Crippen LogP contribution is -2.26. The van der Waals surface area contributed by atoms with Crippen molar-refractivity contribution in [3.63, 3.8) is 0 Å². The highest BCUT2D eigenvalue weighted by molar-refractivity contribution is 8.06. The van der Waals surface area contributed by atoms with Gasteiger partial charge in [-0.2, -0.15) is 5.26 Å². The first-order valence-corrected chi connectivity index (χ1v) is 9.74. The number of hydrogen-bond donors (Lipinski definition) is 2. The molecule has 1 aromatic heterocycles. The first-order chi connectivity index (χ1) is 13.9. The van der Waals surface area contributed by atoms with E-state index in [4.69, 9.17) is 5.26 Å². The number of benzene rings is 1. The van der Waals surface area contributed by atoms with Gasteiger partial charge in [0.25, 0.3) is 11.8 Å². The monoisotopic (exact) mass is 406 g/mol.